The van der Waals surface area contributed by atoms with Crippen molar-refractivity contribution in [1.29, 1.82) is 5.26 Å². The molecule has 0 unspecified atom stereocenters. The van der Waals surface area contributed by atoms with Crippen LogP contribution in [0.2, 0.25) is 0 Å². The molecule has 14 heteroatoms. The fourth-order valence-corrected chi connectivity index (χ4v) is 8.78. The van der Waals surface area contributed by atoms with Gasteiger partial charge in [-0.3, -0.25) is 24.1 Å². The average molecular weight is 824 g/mol. The number of hydrogen-bond donors (Lipinski definition) is 1. The van der Waals surface area contributed by atoms with Crippen molar-refractivity contribution in [3.8, 4) is 17.2 Å². The molecule has 0 atom stereocenters. The zero-order valence-corrected chi connectivity index (χ0v) is 34.5. The lowest BCUT2D eigenvalue weighted by molar-refractivity contribution is -0.134. The van der Waals surface area contributed by atoms with E-state index in [4.69, 9.17) is 0 Å². The van der Waals surface area contributed by atoms with E-state index in [2.05, 4.69) is 50.1 Å². The molecule has 5 heterocycles. The maximum absolute atomic E-state index is 15.0. The van der Waals surface area contributed by atoms with Crippen molar-refractivity contribution in [2.45, 2.75) is 32.6 Å². The van der Waals surface area contributed by atoms with Crippen LogP contribution in [0.25, 0.3) is 21.9 Å². The van der Waals surface area contributed by atoms with Gasteiger partial charge in [0.15, 0.2) is 0 Å². The fraction of sp³-hybridized carbons (Fsp3) is 0.383. The molecule has 3 aliphatic rings. The minimum absolute atomic E-state index is 0.0234. The van der Waals surface area contributed by atoms with Crippen LogP contribution >= 0.6 is 0 Å². The summed E-state index contributed by atoms with van der Waals surface area (Å²) < 4.78 is 15.0. The first kappa shape index (κ1) is 41.4. The third-order valence-electron chi connectivity index (χ3n) is 12.4. The van der Waals surface area contributed by atoms with Crippen molar-refractivity contribution in [2.75, 3.05) is 78.5 Å². The number of hydrogen-bond acceptors (Lipinski definition) is 9. The van der Waals surface area contributed by atoms with Crippen molar-refractivity contribution < 1.29 is 18.8 Å². The molecule has 0 aliphatic carbocycles. The molecule has 1 N–H and O–H groups in total. The third kappa shape index (κ3) is 9.38. The topological polar surface area (TPSA) is 150 Å². The summed E-state index contributed by atoms with van der Waals surface area (Å²) in [6, 6.07) is 23.7. The number of fused-ring (bicyclic) bond motifs is 1. The number of aromatic amines is 1. The second-order valence-electron chi connectivity index (χ2n) is 16.3. The summed E-state index contributed by atoms with van der Waals surface area (Å²) in [5.41, 5.74) is 4.52. The highest BCUT2D eigenvalue weighted by atomic mass is 19.1. The fourth-order valence-electron chi connectivity index (χ4n) is 8.78. The molecule has 0 radical (unpaired) electrons. The lowest BCUT2D eigenvalue weighted by Gasteiger charge is -2.40. The van der Waals surface area contributed by atoms with Gasteiger partial charge in [-0.2, -0.15) is 10.4 Å². The number of piperidine rings is 1. The number of piperazine rings is 2. The summed E-state index contributed by atoms with van der Waals surface area (Å²) in [7, 11) is 0. The molecule has 0 spiro atoms. The number of benzene rings is 3. The number of likely N-dealkylation sites (tertiary alicyclic amines) is 1. The number of pyridine rings is 1. The van der Waals surface area contributed by atoms with Gasteiger partial charge >= 0.3 is 0 Å². The largest absolute Gasteiger partial charge is 0.338 e. The molecule has 0 saturated carbocycles. The minimum atomic E-state index is -0.606. The van der Waals surface area contributed by atoms with Crippen LogP contribution < -0.4 is 5.56 Å². The smallest absolute Gasteiger partial charge is 0.273 e. The summed E-state index contributed by atoms with van der Waals surface area (Å²) in [6.07, 6.45) is 4.67. The van der Waals surface area contributed by atoms with Gasteiger partial charge in [0.05, 0.1) is 28.8 Å². The van der Waals surface area contributed by atoms with Crippen LogP contribution in [0, 0.1) is 23.1 Å². The summed E-state index contributed by atoms with van der Waals surface area (Å²) >= 11 is 0. The number of nitrogens with zero attached hydrogens (tertiary/aromatic N) is 8. The molecule has 2 aromatic heterocycles. The number of amides is 3. The van der Waals surface area contributed by atoms with Gasteiger partial charge in [0.1, 0.15) is 17.6 Å². The predicted molar refractivity (Wildman–Crippen MR) is 229 cm³/mol. The summed E-state index contributed by atoms with van der Waals surface area (Å²) in [6.45, 7) is 9.27. The molecular weight excluding hydrogens is 774 g/mol. The van der Waals surface area contributed by atoms with Crippen LogP contribution in [-0.4, -0.2) is 136 Å². The van der Waals surface area contributed by atoms with Crippen molar-refractivity contribution >= 4 is 28.5 Å². The molecule has 61 heavy (non-hydrogen) atoms. The van der Waals surface area contributed by atoms with Crippen LogP contribution in [0.1, 0.15) is 63.0 Å². The highest BCUT2D eigenvalue weighted by Gasteiger charge is 2.31. The zero-order chi connectivity index (χ0) is 42.5. The van der Waals surface area contributed by atoms with Crippen LogP contribution in [0.4, 0.5) is 4.39 Å². The molecule has 3 fully saturated rings. The predicted octanol–water partition coefficient (Wildman–Crippen LogP) is 4.60. The van der Waals surface area contributed by atoms with Gasteiger partial charge in [-0.05, 0) is 66.1 Å². The van der Waals surface area contributed by atoms with E-state index in [-0.39, 0.29) is 28.6 Å². The Hall–Kier alpha value is -6.30. The van der Waals surface area contributed by atoms with Crippen molar-refractivity contribution in [1.82, 2.24) is 39.7 Å². The normalized spacial score (nSPS) is 16.8. The maximum atomic E-state index is 15.0. The number of aryl methyl sites for hydroxylation is 1. The van der Waals surface area contributed by atoms with E-state index in [0.29, 0.717) is 85.7 Å². The van der Waals surface area contributed by atoms with E-state index in [0.717, 1.165) is 63.1 Å². The van der Waals surface area contributed by atoms with E-state index < -0.39 is 11.7 Å². The Morgan fingerprint density at radius 1 is 0.770 bits per heavy atom. The van der Waals surface area contributed by atoms with Gasteiger partial charge in [-0.25, -0.2) is 14.5 Å². The molecule has 3 aliphatic heterocycles. The van der Waals surface area contributed by atoms with Crippen molar-refractivity contribution in [3.63, 3.8) is 0 Å². The first-order chi connectivity index (χ1) is 29.7. The van der Waals surface area contributed by atoms with Gasteiger partial charge in [0, 0.05) is 95.6 Å². The maximum Gasteiger partial charge on any atom is 0.273 e. The SMILES string of the molecule is CCc1cccc(-c2cnc(C(=O)N3CCC(CN4CCN(CC(=O)N5CCN(C(=O)c6cc(Cc7n[nH]c(=O)c8ccccc78)ccc6F)CC5)CC4)CC3)c(C#N)c2)c1. The van der Waals surface area contributed by atoms with Gasteiger partial charge in [-0.1, -0.05) is 55.5 Å². The molecule has 3 saturated heterocycles. The van der Waals surface area contributed by atoms with Crippen LogP contribution in [0.5, 0.6) is 0 Å². The number of H-pyrrole nitrogens is 1. The Kier molecular flexibility index (Phi) is 12.6. The molecule has 5 aromatic rings. The van der Waals surface area contributed by atoms with E-state index in [1.807, 2.05) is 29.2 Å². The van der Waals surface area contributed by atoms with E-state index in [1.165, 1.54) is 11.6 Å². The van der Waals surface area contributed by atoms with E-state index >= 15 is 4.39 Å². The summed E-state index contributed by atoms with van der Waals surface area (Å²) in [5, 5.41) is 17.9. The molecule has 3 aromatic carbocycles. The lowest BCUT2D eigenvalue weighted by atomic mass is 9.95. The highest BCUT2D eigenvalue weighted by molar-refractivity contribution is 5.96. The van der Waals surface area contributed by atoms with Crippen molar-refractivity contribution in [3.05, 3.63) is 129 Å². The number of carbonyl (C=O) groups is 3. The Balaban J connectivity index is 0.763. The Labute approximate surface area is 354 Å². The average Bonchev–Trinajstić information content (AvgIpc) is 3.31. The summed E-state index contributed by atoms with van der Waals surface area (Å²) in [4.78, 5) is 66.9. The van der Waals surface area contributed by atoms with Gasteiger partial charge in [0.25, 0.3) is 17.4 Å². The minimum Gasteiger partial charge on any atom is -0.338 e. The first-order valence-electron chi connectivity index (χ1n) is 21.2. The van der Waals surface area contributed by atoms with E-state index in [9.17, 15) is 24.4 Å². The summed E-state index contributed by atoms with van der Waals surface area (Å²) in [5.74, 6) is -0.729. The van der Waals surface area contributed by atoms with Crippen molar-refractivity contribution in [2.24, 2.45) is 5.92 Å². The molecule has 13 nitrogen and oxygen atoms in total. The quantitative estimate of drug-likeness (QED) is 0.213. The Morgan fingerprint density at radius 3 is 2.21 bits per heavy atom. The number of carbonyl (C=O) groups excluding carboxylic acids is 3. The molecule has 314 valence electrons. The molecule has 3 amide bonds. The number of aromatic nitrogens is 3. The lowest BCUT2D eigenvalue weighted by Crippen LogP contribution is -2.55. The van der Waals surface area contributed by atoms with E-state index in [1.54, 1.807) is 46.3 Å². The zero-order valence-electron chi connectivity index (χ0n) is 34.5. The standard InChI is InChI=1S/C47H50FN9O4/c1-2-32-6-5-7-35(24-32)37-27-36(28-49)44(50-29-37)47(61)56-14-12-33(13-15-56)30-53-16-18-54(19-17-53)31-43(58)55-20-22-57(23-21-55)46(60)40-25-34(10-11-41(40)48)26-42-38-8-3-4-9-39(38)45(59)52-51-42/h3-11,24-25,27,29,33H,2,12-23,26,30-31H2,1H3,(H,52,59). The van der Waals surface area contributed by atoms with Gasteiger partial charge in [-0.15, -0.1) is 0 Å². The second-order valence-corrected chi connectivity index (χ2v) is 16.3. The number of nitriles is 1. The number of nitrogens with one attached hydrogen (secondary N) is 1. The first-order valence-corrected chi connectivity index (χ1v) is 21.2. The Bertz CT molecular complexity index is 2530. The molecule has 0 bridgehead atoms. The van der Waals surface area contributed by atoms with Gasteiger partial charge < -0.3 is 19.6 Å². The van der Waals surface area contributed by atoms with Crippen LogP contribution in [0.15, 0.2) is 83.8 Å². The van der Waals surface area contributed by atoms with Gasteiger partial charge in [0.2, 0.25) is 5.91 Å². The second kappa shape index (κ2) is 18.5. The third-order valence-corrected chi connectivity index (χ3v) is 12.4. The Morgan fingerprint density at radius 2 is 1.48 bits per heavy atom. The number of rotatable bonds is 10. The van der Waals surface area contributed by atoms with Crippen LogP contribution in [0.3, 0.4) is 0 Å². The van der Waals surface area contributed by atoms with Crippen LogP contribution in [-0.2, 0) is 17.6 Å². The monoisotopic (exact) mass is 823 g/mol. The molecular formula is C47H50FN9O4. The molecule has 8 rings (SSSR count). The highest BCUT2D eigenvalue weighted by Crippen LogP contribution is 2.26. The number of halogens is 1.